The summed E-state index contributed by atoms with van der Waals surface area (Å²) in [6.45, 7) is 0.671. The third-order valence-electron chi connectivity index (χ3n) is 4.57. The van der Waals surface area contributed by atoms with Crippen LogP contribution in [0.25, 0.3) is 0 Å². The van der Waals surface area contributed by atoms with Crippen LogP contribution in [-0.2, 0) is 0 Å². The fraction of sp³-hybridized carbons (Fsp3) is 0.562. The van der Waals surface area contributed by atoms with Gasteiger partial charge in [0.1, 0.15) is 0 Å². The first-order chi connectivity index (χ1) is 9.94. The summed E-state index contributed by atoms with van der Waals surface area (Å²) in [6.07, 6.45) is 6.02. The number of anilines is 1. The molecule has 1 aliphatic rings. The fourth-order valence-corrected chi connectivity index (χ4v) is 3.42. The highest BCUT2D eigenvalue weighted by Gasteiger charge is 2.34. The number of rotatable bonds is 4. The van der Waals surface area contributed by atoms with Crippen molar-refractivity contribution in [1.29, 1.82) is 0 Å². The van der Waals surface area contributed by atoms with Crippen LogP contribution in [0.3, 0.4) is 0 Å². The normalized spacial score (nSPS) is 17.7. The Morgan fingerprint density at radius 3 is 2.62 bits per heavy atom. The van der Waals surface area contributed by atoms with Gasteiger partial charge in [0, 0.05) is 22.2 Å². The number of nitrogen functional groups attached to an aromatic ring is 1. The number of likely N-dealkylation sites (N-methyl/N-ethyl adjacent to an activating group) is 1. The van der Waals surface area contributed by atoms with Crippen LogP contribution in [0.1, 0.15) is 42.5 Å². The van der Waals surface area contributed by atoms with Crippen LogP contribution in [0, 0.1) is 0 Å². The van der Waals surface area contributed by atoms with Gasteiger partial charge in [0.05, 0.1) is 5.56 Å². The van der Waals surface area contributed by atoms with E-state index in [0.717, 1.165) is 17.3 Å². The van der Waals surface area contributed by atoms with E-state index >= 15 is 0 Å². The van der Waals surface area contributed by atoms with E-state index in [2.05, 4.69) is 40.2 Å². The lowest BCUT2D eigenvalue weighted by molar-refractivity contribution is 0.0800. The van der Waals surface area contributed by atoms with Crippen LogP contribution < -0.4 is 11.1 Å². The van der Waals surface area contributed by atoms with Crippen LogP contribution >= 0.6 is 15.9 Å². The lowest BCUT2D eigenvalue weighted by Gasteiger charge is -2.43. The fourth-order valence-electron chi connectivity index (χ4n) is 3.06. The van der Waals surface area contributed by atoms with Crippen molar-refractivity contribution in [3.8, 4) is 0 Å². The average molecular weight is 354 g/mol. The highest BCUT2D eigenvalue weighted by atomic mass is 79.9. The van der Waals surface area contributed by atoms with Crippen LogP contribution in [0.5, 0.6) is 0 Å². The summed E-state index contributed by atoms with van der Waals surface area (Å²) in [6, 6.07) is 5.36. The van der Waals surface area contributed by atoms with Gasteiger partial charge in [-0.1, -0.05) is 35.2 Å². The van der Waals surface area contributed by atoms with Crippen LogP contribution in [0.4, 0.5) is 5.69 Å². The third-order valence-corrected chi connectivity index (χ3v) is 5.06. The van der Waals surface area contributed by atoms with Gasteiger partial charge in [-0.3, -0.25) is 4.79 Å². The van der Waals surface area contributed by atoms with Crippen molar-refractivity contribution < 1.29 is 4.79 Å². The minimum Gasteiger partial charge on any atom is -0.398 e. The van der Waals surface area contributed by atoms with Gasteiger partial charge < -0.3 is 16.0 Å². The zero-order valence-corrected chi connectivity index (χ0v) is 14.4. The smallest absolute Gasteiger partial charge is 0.253 e. The lowest BCUT2D eigenvalue weighted by Crippen LogP contribution is -2.53. The highest BCUT2D eigenvalue weighted by molar-refractivity contribution is 9.10. The van der Waals surface area contributed by atoms with Gasteiger partial charge >= 0.3 is 0 Å². The van der Waals surface area contributed by atoms with E-state index in [-0.39, 0.29) is 11.4 Å². The van der Waals surface area contributed by atoms with Crippen molar-refractivity contribution in [2.24, 2.45) is 0 Å². The molecule has 0 saturated heterocycles. The van der Waals surface area contributed by atoms with Crippen LogP contribution in [-0.4, -0.2) is 37.0 Å². The lowest BCUT2D eigenvalue weighted by atomic mass is 9.80. The molecule has 0 radical (unpaired) electrons. The summed E-state index contributed by atoms with van der Waals surface area (Å²) in [5.41, 5.74) is 7.03. The molecule has 0 aromatic heterocycles. The second kappa shape index (κ2) is 6.79. The standard InChI is InChI=1S/C16H24BrN3O/c1-20(2)16(8-4-3-5-9-16)11-19-15(21)13-10-12(17)6-7-14(13)18/h6-7,10H,3-5,8-9,11,18H2,1-2H3,(H,19,21). The number of carbonyl (C=O) groups excluding carboxylic acids is 1. The van der Waals surface area contributed by atoms with Gasteiger partial charge in [-0.2, -0.15) is 0 Å². The molecule has 1 fully saturated rings. The molecule has 1 aromatic carbocycles. The number of carbonyl (C=O) groups is 1. The number of hydrogen-bond donors (Lipinski definition) is 2. The summed E-state index contributed by atoms with van der Waals surface area (Å²) in [7, 11) is 4.20. The summed E-state index contributed by atoms with van der Waals surface area (Å²) < 4.78 is 0.863. The Hall–Kier alpha value is -1.07. The quantitative estimate of drug-likeness (QED) is 0.818. The predicted octanol–water partition coefficient (Wildman–Crippen LogP) is 3.03. The molecule has 3 N–H and O–H groups in total. The molecule has 0 bridgehead atoms. The van der Waals surface area contributed by atoms with Gasteiger partial charge in [-0.05, 0) is 45.1 Å². The number of nitrogens with one attached hydrogen (secondary N) is 1. The van der Waals surface area contributed by atoms with Gasteiger partial charge in [0.15, 0.2) is 0 Å². The van der Waals surface area contributed by atoms with Crippen molar-refractivity contribution in [1.82, 2.24) is 10.2 Å². The predicted molar refractivity (Wildman–Crippen MR) is 90.4 cm³/mol. The Kier molecular flexibility index (Phi) is 5.27. The maximum Gasteiger partial charge on any atom is 0.253 e. The Balaban J connectivity index is 2.07. The van der Waals surface area contributed by atoms with E-state index in [1.165, 1.54) is 19.3 Å². The van der Waals surface area contributed by atoms with Crippen molar-refractivity contribution in [3.05, 3.63) is 28.2 Å². The highest BCUT2D eigenvalue weighted by Crippen LogP contribution is 2.31. The van der Waals surface area contributed by atoms with Gasteiger partial charge in [-0.15, -0.1) is 0 Å². The van der Waals surface area contributed by atoms with Crippen molar-refractivity contribution in [2.45, 2.75) is 37.6 Å². The number of amides is 1. The first kappa shape index (κ1) is 16.3. The Morgan fingerprint density at radius 1 is 1.33 bits per heavy atom. The summed E-state index contributed by atoms with van der Waals surface area (Å²) in [5.74, 6) is -0.0967. The molecule has 1 saturated carbocycles. The van der Waals surface area contributed by atoms with E-state index in [1.54, 1.807) is 12.1 Å². The maximum absolute atomic E-state index is 12.4. The molecule has 0 atom stereocenters. The molecule has 0 heterocycles. The number of nitrogens with two attached hydrogens (primary N) is 1. The molecule has 1 aromatic rings. The molecule has 5 heteroatoms. The molecule has 2 rings (SSSR count). The first-order valence-electron chi connectivity index (χ1n) is 7.45. The summed E-state index contributed by atoms with van der Waals surface area (Å²) in [4.78, 5) is 14.7. The number of halogens is 1. The second-order valence-corrected chi connectivity index (χ2v) is 7.01. The van der Waals surface area contributed by atoms with Crippen molar-refractivity contribution in [2.75, 3.05) is 26.4 Å². The monoisotopic (exact) mass is 353 g/mol. The zero-order valence-electron chi connectivity index (χ0n) is 12.8. The topological polar surface area (TPSA) is 58.4 Å². The molecule has 0 spiro atoms. The van der Waals surface area contributed by atoms with Gasteiger partial charge in [-0.25, -0.2) is 0 Å². The molecule has 0 unspecified atom stereocenters. The van der Waals surface area contributed by atoms with E-state index in [4.69, 9.17) is 5.73 Å². The van der Waals surface area contributed by atoms with Gasteiger partial charge in [0.2, 0.25) is 0 Å². The second-order valence-electron chi connectivity index (χ2n) is 6.09. The van der Waals surface area contributed by atoms with Crippen molar-refractivity contribution >= 4 is 27.5 Å². The SMILES string of the molecule is CN(C)C1(CNC(=O)c2cc(Br)ccc2N)CCCCC1. The van der Waals surface area contributed by atoms with Crippen LogP contribution in [0.2, 0.25) is 0 Å². The van der Waals surface area contributed by atoms with Crippen molar-refractivity contribution in [3.63, 3.8) is 0 Å². The molecule has 116 valence electrons. The minimum absolute atomic E-state index is 0.0781. The maximum atomic E-state index is 12.4. The average Bonchev–Trinajstić information content (AvgIpc) is 2.48. The Bertz CT molecular complexity index is 510. The van der Waals surface area contributed by atoms with Gasteiger partial charge in [0.25, 0.3) is 5.91 Å². The molecule has 4 nitrogen and oxygen atoms in total. The minimum atomic E-state index is -0.0967. The molecule has 1 aliphatic carbocycles. The first-order valence-corrected chi connectivity index (χ1v) is 8.25. The third kappa shape index (κ3) is 3.77. The Morgan fingerprint density at radius 2 is 2.00 bits per heavy atom. The van der Waals surface area contributed by atoms with E-state index < -0.39 is 0 Å². The number of benzene rings is 1. The number of hydrogen-bond acceptors (Lipinski definition) is 3. The molecular weight excluding hydrogens is 330 g/mol. The molecule has 1 amide bonds. The molecule has 21 heavy (non-hydrogen) atoms. The van der Waals surface area contributed by atoms with Crippen LogP contribution in [0.15, 0.2) is 22.7 Å². The molecule has 0 aliphatic heterocycles. The zero-order chi connectivity index (χ0) is 15.5. The molecular formula is C16H24BrN3O. The number of nitrogens with zero attached hydrogens (tertiary/aromatic N) is 1. The van der Waals surface area contributed by atoms with E-state index in [9.17, 15) is 4.79 Å². The summed E-state index contributed by atoms with van der Waals surface area (Å²) in [5, 5.41) is 3.08. The Labute approximate surface area is 135 Å². The van der Waals surface area contributed by atoms with E-state index in [1.807, 2.05) is 6.07 Å². The largest absolute Gasteiger partial charge is 0.398 e. The van der Waals surface area contributed by atoms with E-state index in [0.29, 0.717) is 17.8 Å². The summed E-state index contributed by atoms with van der Waals surface area (Å²) >= 11 is 3.38.